The molecular formula is C18H24FNO3. The molecule has 1 aromatic carbocycles. The molecule has 23 heavy (non-hydrogen) atoms. The van der Waals surface area contributed by atoms with Crippen molar-refractivity contribution in [3.8, 4) is 0 Å². The zero-order valence-electron chi connectivity index (χ0n) is 14.1. The number of alkyl carbamates (subject to hydrolysis) is 1. The average molecular weight is 321 g/mol. The molecule has 0 aliphatic heterocycles. The normalized spacial score (nSPS) is 12.4. The third-order valence-electron chi connectivity index (χ3n) is 3.04. The molecule has 0 atom stereocenters. The molecule has 0 aromatic heterocycles. The van der Waals surface area contributed by atoms with Gasteiger partial charge >= 0.3 is 6.09 Å². The number of halogens is 1. The second-order valence-electron chi connectivity index (χ2n) is 6.05. The Balaban J connectivity index is 2.97. The Morgan fingerprint density at radius 3 is 2.61 bits per heavy atom. The molecule has 126 valence electrons. The maximum atomic E-state index is 14.6. The van der Waals surface area contributed by atoms with E-state index in [0.717, 1.165) is 0 Å². The van der Waals surface area contributed by atoms with E-state index in [1.165, 1.54) is 6.08 Å². The van der Waals surface area contributed by atoms with E-state index in [0.29, 0.717) is 17.6 Å². The van der Waals surface area contributed by atoms with Crippen molar-refractivity contribution in [3.05, 3.63) is 53.6 Å². The van der Waals surface area contributed by atoms with Crippen LogP contribution >= 0.6 is 0 Å². The highest BCUT2D eigenvalue weighted by atomic mass is 19.1. The van der Waals surface area contributed by atoms with E-state index < -0.39 is 17.5 Å². The van der Waals surface area contributed by atoms with E-state index in [4.69, 9.17) is 4.74 Å². The van der Waals surface area contributed by atoms with Crippen molar-refractivity contribution in [2.24, 2.45) is 0 Å². The standard InChI is InChI=1S/C18H24FNO3/c1-6-13(15(21)7-2)14-10-8-9-12(16(14)19)11-20-17(22)23-18(3,4)5/h6,8-10,21H,1,7,11H2,2-5H3,(H,20,22)/b15-13-. The summed E-state index contributed by atoms with van der Waals surface area (Å²) in [6.45, 7) is 10.6. The van der Waals surface area contributed by atoms with Gasteiger partial charge in [0, 0.05) is 29.7 Å². The Kier molecular flexibility index (Phi) is 6.37. The van der Waals surface area contributed by atoms with E-state index in [2.05, 4.69) is 11.9 Å². The van der Waals surface area contributed by atoms with Crippen LogP contribution in [0.4, 0.5) is 9.18 Å². The number of benzene rings is 1. The molecule has 0 aliphatic rings. The Morgan fingerprint density at radius 2 is 2.09 bits per heavy atom. The summed E-state index contributed by atoms with van der Waals surface area (Å²) in [7, 11) is 0. The largest absolute Gasteiger partial charge is 0.512 e. The SMILES string of the molecule is C=C/C(=C(/O)CC)c1cccc(CNC(=O)OC(C)(C)C)c1F. The zero-order chi connectivity index (χ0) is 17.6. The van der Waals surface area contributed by atoms with Crippen molar-refractivity contribution in [1.29, 1.82) is 0 Å². The first kappa shape index (κ1) is 18.7. The van der Waals surface area contributed by atoms with Crippen molar-refractivity contribution in [1.82, 2.24) is 5.32 Å². The van der Waals surface area contributed by atoms with Crippen LogP contribution in [-0.2, 0) is 11.3 Å². The summed E-state index contributed by atoms with van der Waals surface area (Å²) >= 11 is 0. The highest BCUT2D eigenvalue weighted by Crippen LogP contribution is 2.25. The van der Waals surface area contributed by atoms with E-state index in [9.17, 15) is 14.3 Å². The molecule has 1 aromatic rings. The van der Waals surface area contributed by atoms with E-state index in [-0.39, 0.29) is 17.9 Å². The van der Waals surface area contributed by atoms with Crippen molar-refractivity contribution in [2.75, 3.05) is 0 Å². The lowest BCUT2D eigenvalue weighted by molar-refractivity contribution is 0.0523. The predicted molar refractivity (Wildman–Crippen MR) is 89.5 cm³/mol. The number of nitrogens with one attached hydrogen (secondary N) is 1. The number of amides is 1. The third-order valence-corrected chi connectivity index (χ3v) is 3.04. The number of carbonyl (C=O) groups excluding carboxylic acids is 1. The second-order valence-corrected chi connectivity index (χ2v) is 6.05. The highest BCUT2D eigenvalue weighted by molar-refractivity contribution is 5.76. The molecule has 0 saturated heterocycles. The first-order valence-corrected chi connectivity index (χ1v) is 7.48. The molecule has 0 radical (unpaired) electrons. The molecule has 0 fully saturated rings. The molecule has 1 amide bonds. The molecule has 0 bridgehead atoms. The summed E-state index contributed by atoms with van der Waals surface area (Å²) in [5.74, 6) is -0.436. The Labute approximate surface area is 136 Å². The second kappa shape index (κ2) is 7.81. The summed E-state index contributed by atoms with van der Waals surface area (Å²) < 4.78 is 19.7. The molecule has 1 rings (SSSR count). The van der Waals surface area contributed by atoms with Crippen LogP contribution in [0, 0.1) is 5.82 Å². The van der Waals surface area contributed by atoms with Crippen LogP contribution in [-0.4, -0.2) is 16.8 Å². The molecule has 0 heterocycles. The lowest BCUT2D eigenvalue weighted by atomic mass is 10.00. The van der Waals surface area contributed by atoms with Gasteiger partial charge in [-0.2, -0.15) is 0 Å². The first-order chi connectivity index (χ1) is 10.7. The summed E-state index contributed by atoms with van der Waals surface area (Å²) in [6.07, 6.45) is 1.18. The number of rotatable bonds is 5. The monoisotopic (exact) mass is 321 g/mol. The topological polar surface area (TPSA) is 58.6 Å². The first-order valence-electron chi connectivity index (χ1n) is 7.48. The van der Waals surface area contributed by atoms with Gasteiger partial charge in [0.1, 0.15) is 11.4 Å². The molecule has 5 heteroatoms. The van der Waals surface area contributed by atoms with Gasteiger partial charge in [-0.1, -0.05) is 37.8 Å². The molecule has 0 spiro atoms. The zero-order valence-corrected chi connectivity index (χ0v) is 14.1. The smallest absolute Gasteiger partial charge is 0.407 e. The fraction of sp³-hybridized carbons (Fsp3) is 0.389. The van der Waals surface area contributed by atoms with Gasteiger partial charge in [0.15, 0.2) is 0 Å². The molecule has 4 nitrogen and oxygen atoms in total. The number of aliphatic hydroxyl groups excluding tert-OH is 1. The Morgan fingerprint density at radius 1 is 1.43 bits per heavy atom. The van der Waals surface area contributed by atoms with Gasteiger partial charge in [0.25, 0.3) is 0 Å². The van der Waals surface area contributed by atoms with Crippen LogP contribution in [0.5, 0.6) is 0 Å². The van der Waals surface area contributed by atoms with Crippen LogP contribution < -0.4 is 5.32 Å². The van der Waals surface area contributed by atoms with Crippen molar-refractivity contribution in [3.63, 3.8) is 0 Å². The number of hydrogen-bond acceptors (Lipinski definition) is 3. The quantitative estimate of drug-likeness (QED) is 0.609. The van der Waals surface area contributed by atoms with Gasteiger partial charge in [0.2, 0.25) is 0 Å². The summed E-state index contributed by atoms with van der Waals surface area (Å²) in [5.41, 5.74) is 0.291. The maximum absolute atomic E-state index is 14.6. The molecule has 0 saturated carbocycles. The van der Waals surface area contributed by atoms with Crippen LogP contribution in [0.25, 0.3) is 5.57 Å². The highest BCUT2D eigenvalue weighted by Gasteiger charge is 2.17. The number of ether oxygens (including phenoxy) is 1. The average Bonchev–Trinajstić information content (AvgIpc) is 2.46. The van der Waals surface area contributed by atoms with Crippen molar-refractivity contribution in [2.45, 2.75) is 46.3 Å². The third kappa shape index (κ3) is 5.43. The van der Waals surface area contributed by atoms with Crippen LogP contribution in [0.3, 0.4) is 0 Å². The van der Waals surface area contributed by atoms with Gasteiger partial charge in [-0.25, -0.2) is 9.18 Å². The Bertz CT molecular complexity index is 615. The summed E-state index contributed by atoms with van der Waals surface area (Å²) in [6, 6.07) is 4.80. The maximum Gasteiger partial charge on any atom is 0.407 e. The Hall–Kier alpha value is -2.30. The number of aliphatic hydroxyl groups is 1. The lowest BCUT2D eigenvalue weighted by Crippen LogP contribution is -2.32. The van der Waals surface area contributed by atoms with Gasteiger partial charge in [-0.05, 0) is 20.8 Å². The molecule has 2 N–H and O–H groups in total. The van der Waals surface area contributed by atoms with Gasteiger partial charge in [-0.3, -0.25) is 0 Å². The fourth-order valence-electron chi connectivity index (χ4n) is 1.98. The van der Waals surface area contributed by atoms with Gasteiger partial charge < -0.3 is 15.2 Å². The molecular weight excluding hydrogens is 297 g/mol. The predicted octanol–water partition coefficient (Wildman–Crippen LogP) is 4.72. The number of allylic oxidation sites excluding steroid dienone is 3. The van der Waals surface area contributed by atoms with E-state index >= 15 is 0 Å². The number of hydrogen-bond donors (Lipinski definition) is 2. The van der Waals surface area contributed by atoms with Gasteiger partial charge in [0.05, 0.1) is 5.76 Å². The minimum Gasteiger partial charge on any atom is -0.512 e. The van der Waals surface area contributed by atoms with E-state index in [1.807, 2.05) is 0 Å². The minimum atomic E-state index is -0.615. The molecule has 0 aliphatic carbocycles. The van der Waals surface area contributed by atoms with Crippen molar-refractivity contribution < 1.29 is 19.0 Å². The summed E-state index contributed by atoms with van der Waals surface area (Å²) in [4.78, 5) is 11.7. The number of carbonyl (C=O) groups is 1. The summed E-state index contributed by atoms with van der Waals surface area (Å²) in [5, 5.41) is 12.4. The molecule has 0 unspecified atom stereocenters. The minimum absolute atomic E-state index is 0.00804. The van der Waals surface area contributed by atoms with Crippen LogP contribution in [0.15, 0.2) is 36.6 Å². The fourth-order valence-corrected chi connectivity index (χ4v) is 1.98. The van der Waals surface area contributed by atoms with Crippen molar-refractivity contribution >= 4 is 11.7 Å². The van der Waals surface area contributed by atoms with Crippen LogP contribution in [0.2, 0.25) is 0 Å². The van der Waals surface area contributed by atoms with E-state index in [1.54, 1.807) is 45.9 Å². The lowest BCUT2D eigenvalue weighted by Gasteiger charge is -2.20. The van der Waals surface area contributed by atoms with Gasteiger partial charge in [-0.15, -0.1) is 0 Å². The van der Waals surface area contributed by atoms with Crippen LogP contribution in [0.1, 0.15) is 45.2 Å².